The average molecular weight is 304 g/mol. The van der Waals surface area contributed by atoms with Gasteiger partial charge in [-0.25, -0.2) is 4.68 Å². The summed E-state index contributed by atoms with van der Waals surface area (Å²) in [6, 6.07) is 0. The van der Waals surface area contributed by atoms with Crippen LogP contribution in [0.4, 0.5) is 5.95 Å². The summed E-state index contributed by atoms with van der Waals surface area (Å²) in [6.07, 6.45) is 6.27. The molecule has 2 heterocycles. The van der Waals surface area contributed by atoms with E-state index in [2.05, 4.69) is 20.4 Å². The molecule has 0 bridgehead atoms. The Labute approximate surface area is 130 Å². The lowest BCUT2D eigenvalue weighted by molar-refractivity contribution is -0.132. The first-order valence-corrected chi connectivity index (χ1v) is 8.31. The topological polar surface area (TPSA) is 67.2 Å². The molecule has 1 amide bonds. The van der Waals surface area contributed by atoms with Crippen molar-refractivity contribution in [1.82, 2.24) is 25.1 Å². The number of fused-ring (bicyclic) bond motifs is 1. The van der Waals surface area contributed by atoms with Crippen LogP contribution in [0.1, 0.15) is 32.1 Å². The second kappa shape index (κ2) is 4.93. The molecule has 3 aliphatic rings. The predicted molar refractivity (Wildman–Crippen MR) is 81.2 cm³/mol. The van der Waals surface area contributed by atoms with Crippen LogP contribution < -0.4 is 4.90 Å². The van der Waals surface area contributed by atoms with E-state index in [4.69, 9.17) is 0 Å². The molecule has 1 aromatic rings. The third-order valence-corrected chi connectivity index (χ3v) is 5.82. The van der Waals surface area contributed by atoms with Crippen LogP contribution in [0.25, 0.3) is 0 Å². The van der Waals surface area contributed by atoms with Gasteiger partial charge in [-0.15, -0.1) is 0 Å². The molecule has 1 unspecified atom stereocenters. The summed E-state index contributed by atoms with van der Waals surface area (Å²) >= 11 is 0. The van der Waals surface area contributed by atoms with Crippen LogP contribution in [-0.2, 0) is 11.3 Å². The van der Waals surface area contributed by atoms with Crippen molar-refractivity contribution in [3.05, 3.63) is 0 Å². The van der Waals surface area contributed by atoms with Crippen LogP contribution >= 0.6 is 0 Å². The minimum atomic E-state index is 0.0680. The maximum Gasteiger partial charge on any atom is 0.245 e. The van der Waals surface area contributed by atoms with Gasteiger partial charge in [0.1, 0.15) is 0 Å². The van der Waals surface area contributed by atoms with E-state index >= 15 is 0 Å². The molecular formula is C15H24N6O. The van der Waals surface area contributed by atoms with Gasteiger partial charge >= 0.3 is 0 Å². The third kappa shape index (κ3) is 2.18. The average Bonchev–Trinajstić information content (AvgIpc) is 2.96. The van der Waals surface area contributed by atoms with Gasteiger partial charge in [-0.1, -0.05) is 11.5 Å². The molecule has 1 aliphatic heterocycles. The van der Waals surface area contributed by atoms with Crippen molar-refractivity contribution >= 4 is 11.9 Å². The molecule has 7 nitrogen and oxygen atoms in total. The van der Waals surface area contributed by atoms with Crippen molar-refractivity contribution in [3.63, 3.8) is 0 Å². The Hall–Kier alpha value is -1.66. The number of aromatic nitrogens is 4. The summed E-state index contributed by atoms with van der Waals surface area (Å²) in [5.74, 6) is 2.02. The molecule has 0 N–H and O–H groups in total. The molecule has 3 fully saturated rings. The zero-order chi connectivity index (χ0) is 15.3. The van der Waals surface area contributed by atoms with E-state index in [1.54, 1.807) is 4.90 Å². The molecule has 4 rings (SSSR count). The highest BCUT2D eigenvalue weighted by Crippen LogP contribution is 2.64. The van der Waals surface area contributed by atoms with Gasteiger partial charge in [0.15, 0.2) is 0 Å². The molecule has 0 spiro atoms. The second-order valence-electron chi connectivity index (χ2n) is 7.46. The number of anilines is 1. The maximum atomic E-state index is 12.1. The van der Waals surface area contributed by atoms with Crippen LogP contribution in [0.2, 0.25) is 0 Å². The van der Waals surface area contributed by atoms with Crippen molar-refractivity contribution in [2.75, 3.05) is 32.1 Å². The highest BCUT2D eigenvalue weighted by atomic mass is 16.2. The van der Waals surface area contributed by atoms with Crippen molar-refractivity contribution in [1.29, 1.82) is 0 Å². The number of carbonyl (C=O) groups excluding carboxylic acids is 1. The Morgan fingerprint density at radius 2 is 2.27 bits per heavy atom. The van der Waals surface area contributed by atoms with E-state index in [1.165, 1.54) is 25.7 Å². The molecule has 1 saturated heterocycles. The number of hydrogen-bond donors (Lipinski definition) is 0. The van der Waals surface area contributed by atoms with Crippen LogP contribution in [0.3, 0.4) is 0 Å². The van der Waals surface area contributed by atoms with Crippen LogP contribution in [-0.4, -0.2) is 58.2 Å². The monoisotopic (exact) mass is 304 g/mol. The van der Waals surface area contributed by atoms with E-state index in [9.17, 15) is 4.79 Å². The first-order valence-electron chi connectivity index (χ1n) is 8.31. The maximum absolute atomic E-state index is 12.1. The second-order valence-corrected chi connectivity index (χ2v) is 7.46. The summed E-state index contributed by atoms with van der Waals surface area (Å²) in [5.41, 5.74) is 0.475. The zero-order valence-electron chi connectivity index (χ0n) is 13.4. The zero-order valence-corrected chi connectivity index (χ0v) is 13.4. The van der Waals surface area contributed by atoms with Gasteiger partial charge in [0, 0.05) is 27.2 Å². The van der Waals surface area contributed by atoms with Gasteiger partial charge in [-0.2, -0.15) is 0 Å². The smallest absolute Gasteiger partial charge is 0.245 e. The summed E-state index contributed by atoms with van der Waals surface area (Å²) in [4.78, 5) is 16.0. The molecular weight excluding hydrogens is 280 g/mol. The van der Waals surface area contributed by atoms with Gasteiger partial charge in [-0.3, -0.25) is 4.79 Å². The van der Waals surface area contributed by atoms with Gasteiger partial charge < -0.3 is 9.80 Å². The van der Waals surface area contributed by atoms with E-state index in [0.29, 0.717) is 5.41 Å². The van der Waals surface area contributed by atoms with Gasteiger partial charge in [0.2, 0.25) is 11.9 Å². The predicted octanol–water partition coefficient (Wildman–Crippen LogP) is 0.778. The molecule has 120 valence electrons. The lowest BCUT2D eigenvalue weighted by Gasteiger charge is -2.20. The van der Waals surface area contributed by atoms with E-state index in [1.807, 2.05) is 18.8 Å². The van der Waals surface area contributed by atoms with E-state index in [0.717, 1.165) is 37.9 Å². The van der Waals surface area contributed by atoms with Gasteiger partial charge in [-0.05, 0) is 47.4 Å². The Balaban J connectivity index is 1.46. The van der Waals surface area contributed by atoms with Crippen molar-refractivity contribution in [2.24, 2.45) is 17.3 Å². The fourth-order valence-electron chi connectivity index (χ4n) is 4.46. The van der Waals surface area contributed by atoms with E-state index in [-0.39, 0.29) is 11.8 Å². The van der Waals surface area contributed by atoms with Crippen molar-refractivity contribution in [3.8, 4) is 0 Å². The first-order chi connectivity index (χ1) is 10.6. The number of rotatable bonds is 4. The molecule has 0 radical (unpaired) electrons. The fraction of sp³-hybridized carbons (Fsp3) is 0.867. The minimum Gasteiger partial charge on any atom is -0.349 e. The summed E-state index contributed by atoms with van der Waals surface area (Å²) < 4.78 is 1.98. The molecule has 2 aliphatic carbocycles. The molecule has 1 aromatic heterocycles. The molecule has 3 atom stereocenters. The summed E-state index contributed by atoms with van der Waals surface area (Å²) in [7, 11) is 3.64. The molecule has 7 heteroatoms. The van der Waals surface area contributed by atoms with Gasteiger partial charge in [0.25, 0.3) is 0 Å². The molecule has 2 saturated carbocycles. The highest BCUT2D eigenvalue weighted by molar-refractivity contribution is 5.79. The van der Waals surface area contributed by atoms with Crippen molar-refractivity contribution < 1.29 is 4.79 Å². The quantitative estimate of drug-likeness (QED) is 0.822. The van der Waals surface area contributed by atoms with Crippen molar-refractivity contribution in [2.45, 2.75) is 38.6 Å². The minimum absolute atomic E-state index is 0.0680. The summed E-state index contributed by atoms with van der Waals surface area (Å²) in [6.45, 7) is 2.54. The first kappa shape index (κ1) is 14.0. The van der Waals surface area contributed by atoms with Crippen LogP contribution in [0, 0.1) is 17.3 Å². The lowest BCUT2D eigenvalue weighted by Crippen LogP contribution is -2.32. The number of amides is 1. The number of carbonyl (C=O) groups is 1. The Morgan fingerprint density at radius 3 is 2.95 bits per heavy atom. The van der Waals surface area contributed by atoms with Crippen LogP contribution in [0.5, 0.6) is 0 Å². The number of tetrazole rings is 1. The Kier molecular flexibility index (Phi) is 3.13. The Morgan fingerprint density at radius 1 is 1.41 bits per heavy atom. The largest absolute Gasteiger partial charge is 0.349 e. The fourth-order valence-corrected chi connectivity index (χ4v) is 4.46. The summed E-state index contributed by atoms with van der Waals surface area (Å²) in [5, 5.41) is 12.3. The van der Waals surface area contributed by atoms with E-state index < -0.39 is 0 Å². The normalized spacial score (nSPS) is 33.1. The third-order valence-electron chi connectivity index (χ3n) is 5.82. The standard InChI is InChI=1S/C15H24N6O/c1-19(2)13(22)11-5-7-20(9-11)14-16-17-18-21(14)10-15-6-3-4-12(15)8-15/h11-12H,3-10H2,1-2H3/t11?,12-,15+/m1/s1. The Bertz CT molecular complexity index is 584. The number of nitrogens with zero attached hydrogens (tertiary/aromatic N) is 6. The number of hydrogen-bond acceptors (Lipinski definition) is 5. The highest BCUT2D eigenvalue weighted by Gasteiger charge is 2.57. The van der Waals surface area contributed by atoms with Crippen LogP contribution in [0.15, 0.2) is 0 Å². The SMILES string of the molecule is CN(C)C(=O)C1CCN(c2nnnn2C[C@@]23CCC[C@@H]2C3)C1. The molecule has 0 aromatic carbocycles. The lowest BCUT2D eigenvalue weighted by atomic mass is 10.0. The van der Waals surface area contributed by atoms with Gasteiger partial charge in [0.05, 0.1) is 12.5 Å². The molecule has 22 heavy (non-hydrogen) atoms.